The Balaban J connectivity index is 2.62. The lowest BCUT2D eigenvalue weighted by Crippen LogP contribution is -2.17. The summed E-state index contributed by atoms with van der Waals surface area (Å²) in [6.07, 6.45) is 2.94. The SMILES string of the molecule is CCCC(CN)Cc1ccccc1F. The predicted molar refractivity (Wildman–Crippen MR) is 57.6 cm³/mol. The zero-order valence-electron chi connectivity index (χ0n) is 8.67. The minimum Gasteiger partial charge on any atom is -0.330 e. The average Bonchev–Trinajstić information content (AvgIpc) is 2.20. The Hall–Kier alpha value is -0.890. The molecule has 0 aromatic heterocycles. The first-order valence-electron chi connectivity index (χ1n) is 5.21. The van der Waals surface area contributed by atoms with E-state index in [0.29, 0.717) is 12.5 Å². The molecule has 0 amide bonds. The molecule has 0 aliphatic heterocycles. The van der Waals surface area contributed by atoms with Crippen LogP contribution < -0.4 is 5.73 Å². The summed E-state index contributed by atoms with van der Waals surface area (Å²) in [4.78, 5) is 0. The number of nitrogens with two attached hydrogens (primary N) is 1. The molecule has 2 heteroatoms. The number of halogens is 1. The molecule has 0 saturated carbocycles. The van der Waals surface area contributed by atoms with Gasteiger partial charge in [-0.3, -0.25) is 0 Å². The summed E-state index contributed by atoms with van der Waals surface area (Å²) in [5.74, 6) is 0.305. The molecule has 0 saturated heterocycles. The van der Waals surface area contributed by atoms with Crippen molar-refractivity contribution < 1.29 is 4.39 Å². The molecule has 0 aliphatic carbocycles. The first kappa shape index (κ1) is 11.2. The fourth-order valence-corrected chi connectivity index (χ4v) is 1.69. The molecule has 0 fully saturated rings. The third kappa shape index (κ3) is 3.11. The predicted octanol–water partition coefficient (Wildman–Crippen LogP) is 2.74. The largest absolute Gasteiger partial charge is 0.330 e. The van der Waals surface area contributed by atoms with Gasteiger partial charge in [-0.15, -0.1) is 0 Å². The fraction of sp³-hybridized carbons (Fsp3) is 0.500. The summed E-state index contributed by atoms with van der Waals surface area (Å²) in [7, 11) is 0. The monoisotopic (exact) mass is 195 g/mol. The number of hydrogen-bond donors (Lipinski definition) is 1. The highest BCUT2D eigenvalue weighted by molar-refractivity contribution is 5.17. The smallest absolute Gasteiger partial charge is 0.126 e. The van der Waals surface area contributed by atoms with Crippen LogP contribution in [0.3, 0.4) is 0 Å². The molecule has 0 bridgehead atoms. The molecular formula is C12H18FN. The van der Waals surface area contributed by atoms with E-state index in [9.17, 15) is 4.39 Å². The Bertz CT molecular complexity index is 273. The van der Waals surface area contributed by atoms with Gasteiger partial charge in [0.05, 0.1) is 0 Å². The highest BCUT2D eigenvalue weighted by Gasteiger charge is 2.09. The van der Waals surface area contributed by atoms with E-state index in [2.05, 4.69) is 6.92 Å². The molecule has 1 rings (SSSR count). The minimum atomic E-state index is -0.109. The summed E-state index contributed by atoms with van der Waals surface area (Å²) in [6, 6.07) is 6.94. The molecule has 1 aromatic carbocycles. The molecule has 1 nitrogen and oxygen atoms in total. The van der Waals surface area contributed by atoms with Crippen molar-refractivity contribution in [3.05, 3.63) is 35.6 Å². The summed E-state index contributed by atoms with van der Waals surface area (Å²) in [5, 5.41) is 0. The molecule has 1 aromatic rings. The number of rotatable bonds is 5. The maximum absolute atomic E-state index is 13.3. The third-order valence-electron chi connectivity index (χ3n) is 2.50. The summed E-state index contributed by atoms with van der Waals surface area (Å²) in [5.41, 5.74) is 6.42. The van der Waals surface area contributed by atoms with Crippen molar-refractivity contribution in [1.82, 2.24) is 0 Å². The Labute approximate surface area is 85.1 Å². The van der Waals surface area contributed by atoms with Gasteiger partial charge >= 0.3 is 0 Å². The lowest BCUT2D eigenvalue weighted by atomic mass is 9.95. The van der Waals surface area contributed by atoms with Gasteiger partial charge in [0.15, 0.2) is 0 Å². The maximum Gasteiger partial charge on any atom is 0.126 e. The zero-order chi connectivity index (χ0) is 10.4. The van der Waals surface area contributed by atoms with E-state index >= 15 is 0 Å². The maximum atomic E-state index is 13.3. The Kier molecular flexibility index (Phi) is 4.60. The molecule has 14 heavy (non-hydrogen) atoms. The second kappa shape index (κ2) is 5.76. The minimum absolute atomic E-state index is 0.109. The van der Waals surface area contributed by atoms with Gasteiger partial charge in [0.2, 0.25) is 0 Å². The van der Waals surface area contributed by atoms with Crippen molar-refractivity contribution in [2.45, 2.75) is 26.2 Å². The van der Waals surface area contributed by atoms with Crippen LogP contribution in [0.15, 0.2) is 24.3 Å². The van der Waals surface area contributed by atoms with E-state index in [4.69, 9.17) is 5.73 Å². The van der Waals surface area contributed by atoms with E-state index in [1.807, 2.05) is 12.1 Å². The van der Waals surface area contributed by atoms with E-state index in [1.165, 1.54) is 6.07 Å². The van der Waals surface area contributed by atoms with Crippen molar-refractivity contribution in [2.75, 3.05) is 6.54 Å². The van der Waals surface area contributed by atoms with Gasteiger partial charge in [-0.2, -0.15) is 0 Å². The molecule has 1 unspecified atom stereocenters. The van der Waals surface area contributed by atoms with E-state index in [0.717, 1.165) is 24.8 Å². The van der Waals surface area contributed by atoms with Crippen LogP contribution in [0.25, 0.3) is 0 Å². The zero-order valence-corrected chi connectivity index (χ0v) is 8.67. The molecular weight excluding hydrogens is 177 g/mol. The van der Waals surface area contributed by atoms with Gasteiger partial charge in [-0.25, -0.2) is 4.39 Å². The quantitative estimate of drug-likeness (QED) is 0.768. The Morgan fingerprint density at radius 2 is 2.07 bits per heavy atom. The van der Waals surface area contributed by atoms with Crippen LogP contribution in [0.5, 0.6) is 0 Å². The van der Waals surface area contributed by atoms with Gasteiger partial charge < -0.3 is 5.73 Å². The lowest BCUT2D eigenvalue weighted by molar-refractivity contribution is 0.475. The van der Waals surface area contributed by atoms with Crippen LogP contribution in [0.1, 0.15) is 25.3 Å². The van der Waals surface area contributed by atoms with Gasteiger partial charge in [-0.05, 0) is 36.9 Å². The number of hydrogen-bond acceptors (Lipinski definition) is 1. The van der Waals surface area contributed by atoms with Crippen LogP contribution in [0.4, 0.5) is 4.39 Å². The van der Waals surface area contributed by atoms with Crippen molar-refractivity contribution >= 4 is 0 Å². The molecule has 78 valence electrons. The molecule has 0 radical (unpaired) electrons. The fourth-order valence-electron chi connectivity index (χ4n) is 1.69. The van der Waals surface area contributed by atoms with Crippen molar-refractivity contribution in [3.63, 3.8) is 0 Å². The highest BCUT2D eigenvalue weighted by Crippen LogP contribution is 2.15. The third-order valence-corrected chi connectivity index (χ3v) is 2.50. The highest BCUT2D eigenvalue weighted by atomic mass is 19.1. The first-order valence-corrected chi connectivity index (χ1v) is 5.21. The van der Waals surface area contributed by atoms with E-state index in [-0.39, 0.29) is 5.82 Å². The lowest BCUT2D eigenvalue weighted by Gasteiger charge is -2.13. The van der Waals surface area contributed by atoms with Gasteiger partial charge in [0.1, 0.15) is 5.82 Å². The molecule has 0 spiro atoms. The standard InChI is InChI=1S/C12H18FN/c1-2-5-10(9-14)8-11-6-3-4-7-12(11)13/h3-4,6-7,10H,2,5,8-9,14H2,1H3. The van der Waals surface area contributed by atoms with Crippen LogP contribution >= 0.6 is 0 Å². The van der Waals surface area contributed by atoms with Crippen LogP contribution in [0, 0.1) is 11.7 Å². The summed E-state index contributed by atoms with van der Waals surface area (Å²) < 4.78 is 13.3. The van der Waals surface area contributed by atoms with E-state index in [1.54, 1.807) is 6.07 Å². The molecule has 1 atom stereocenters. The van der Waals surface area contributed by atoms with Crippen LogP contribution in [-0.2, 0) is 6.42 Å². The van der Waals surface area contributed by atoms with Crippen molar-refractivity contribution in [3.8, 4) is 0 Å². The second-order valence-electron chi connectivity index (χ2n) is 3.69. The second-order valence-corrected chi connectivity index (χ2v) is 3.69. The Morgan fingerprint density at radius 1 is 1.36 bits per heavy atom. The van der Waals surface area contributed by atoms with E-state index < -0.39 is 0 Å². The topological polar surface area (TPSA) is 26.0 Å². The van der Waals surface area contributed by atoms with Crippen molar-refractivity contribution in [1.29, 1.82) is 0 Å². The normalized spacial score (nSPS) is 12.8. The van der Waals surface area contributed by atoms with Gasteiger partial charge in [0.25, 0.3) is 0 Å². The van der Waals surface area contributed by atoms with Crippen LogP contribution in [-0.4, -0.2) is 6.54 Å². The molecule has 0 aliphatic rings. The first-order chi connectivity index (χ1) is 6.77. The van der Waals surface area contributed by atoms with Crippen molar-refractivity contribution in [2.24, 2.45) is 11.7 Å². The molecule has 0 heterocycles. The Morgan fingerprint density at radius 3 is 2.64 bits per heavy atom. The number of benzene rings is 1. The van der Waals surface area contributed by atoms with Gasteiger partial charge in [-0.1, -0.05) is 31.5 Å². The summed E-state index contributed by atoms with van der Waals surface area (Å²) >= 11 is 0. The molecule has 2 N–H and O–H groups in total. The summed E-state index contributed by atoms with van der Waals surface area (Å²) in [6.45, 7) is 2.77. The van der Waals surface area contributed by atoms with Gasteiger partial charge in [0, 0.05) is 0 Å². The average molecular weight is 195 g/mol. The van der Waals surface area contributed by atoms with Crippen LogP contribution in [0.2, 0.25) is 0 Å².